The molecule has 1 fully saturated rings. The summed E-state index contributed by atoms with van der Waals surface area (Å²) in [5, 5.41) is 0. The maximum atomic E-state index is 13.7. The van der Waals surface area contributed by atoms with Crippen LogP contribution in [0.25, 0.3) is 0 Å². The number of carbonyl (C=O) groups excluding carboxylic acids is 2. The third-order valence-corrected chi connectivity index (χ3v) is 7.52. The number of benzene rings is 2. The normalized spacial score (nSPS) is 26.3. The van der Waals surface area contributed by atoms with Gasteiger partial charge in [0.15, 0.2) is 17.2 Å². The smallest absolute Gasteiger partial charge is 0.180 e. The summed E-state index contributed by atoms with van der Waals surface area (Å²) in [6.45, 7) is 5.86. The molecule has 0 aromatic heterocycles. The van der Waals surface area contributed by atoms with Crippen molar-refractivity contribution in [3.8, 4) is 0 Å². The molecule has 0 radical (unpaired) electrons. The van der Waals surface area contributed by atoms with Crippen LogP contribution in [0.3, 0.4) is 0 Å². The molecule has 2 aromatic rings. The Hall–Kier alpha value is -2.46. The number of aryl methyl sites for hydroxylation is 1. The van der Waals surface area contributed by atoms with Crippen LogP contribution in [0.1, 0.15) is 73.0 Å². The van der Waals surface area contributed by atoms with E-state index >= 15 is 0 Å². The predicted molar refractivity (Wildman–Crippen MR) is 124 cm³/mol. The van der Waals surface area contributed by atoms with Crippen molar-refractivity contribution in [3.63, 3.8) is 0 Å². The first-order chi connectivity index (χ1) is 15.0. The Labute approximate surface area is 185 Å². The number of piperidine rings is 1. The van der Waals surface area contributed by atoms with Crippen LogP contribution >= 0.6 is 0 Å². The van der Waals surface area contributed by atoms with Crippen molar-refractivity contribution in [3.05, 3.63) is 64.7 Å². The third-order valence-electron chi connectivity index (χ3n) is 7.52. The van der Waals surface area contributed by atoms with Crippen LogP contribution in [-0.2, 0) is 23.3 Å². The Morgan fingerprint density at radius 3 is 2.52 bits per heavy atom. The van der Waals surface area contributed by atoms with E-state index < -0.39 is 5.66 Å². The van der Waals surface area contributed by atoms with Crippen molar-refractivity contribution in [1.82, 2.24) is 4.90 Å². The number of likely N-dealkylation sites (tertiary alicyclic amines) is 1. The van der Waals surface area contributed by atoms with Crippen LogP contribution in [0.4, 0.5) is 5.69 Å². The molecule has 4 nitrogen and oxygen atoms in total. The lowest BCUT2D eigenvalue weighted by molar-refractivity contribution is -0.132. The highest BCUT2D eigenvalue weighted by Crippen LogP contribution is 2.46. The van der Waals surface area contributed by atoms with Gasteiger partial charge >= 0.3 is 0 Å². The zero-order valence-corrected chi connectivity index (χ0v) is 18.7. The van der Waals surface area contributed by atoms with Gasteiger partial charge in [0, 0.05) is 42.4 Å². The molecule has 2 unspecified atom stereocenters. The molecule has 2 aliphatic heterocycles. The minimum absolute atomic E-state index is 0.179. The number of fused-ring (bicyclic) bond motifs is 2. The summed E-state index contributed by atoms with van der Waals surface area (Å²) >= 11 is 0. The molecule has 1 aliphatic carbocycles. The van der Waals surface area contributed by atoms with E-state index in [1.165, 1.54) is 12.0 Å². The fraction of sp³-hybridized carbons (Fsp3) is 0.481. The van der Waals surface area contributed by atoms with Gasteiger partial charge in [0.05, 0.1) is 0 Å². The van der Waals surface area contributed by atoms with E-state index in [0.717, 1.165) is 67.6 Å². The molecule has 5 rings (SSSR count). The van der Waals surface area contributed by atoms with Crippen LogP contribution in [0.15, 0.2) is 42.5 Å². The average molecular weight is 417 g/mol. The Balaban J connectivity index is 1.72. The van der Waals surface area contributed by atoms with Crippen LogP contribution < -0.4 is 4.90 Å². The summed E-state index contributed by atoms with van der Waals surface area (Å²) in [5.41, 5.74) is 4.69. The average Bonchev–Trinajstić information content (AvgIpc) is 2.78. The van der Waals surface area contributed by atoms with Crippen molar-refractivity contribution >= 4 is 17.3 Å². The molecule has 2 heterocycles. The number of hydrogen-bond donors (Lipinski definition) is 0. The minimum Gasteiger partial charge on any atom is -0.340 e. The SMILES string of the molecule is CC(=O)C1(N2CCCCC2)c2ccccc2CC(C)N1c1ccc2c(c1)CCCC2=O. The van der Waals surface area contributed by atoms with Gasteiger partial charge in [-0.15, -0.1) is 0 Å². The van der Waals surface area contributed by atoms with Crippen LogP contribution in [0.5, 0.6) is 0 Å². The molecule has 2 aromatic carbocycles. The Bertz CT molecular complexity index is 1020. The summed E-state index contributed by atoms with van der Waals surface area (Å²) in [6, 6.07) is 15.0. The molecule has 4 heteroatoms. The van der Waals surface area contributed by atoms with Crippen molar-refractivity contribution in [2.75, 3.05) is 18.0 Å². The largest absolute Gasteiger partial charge is 0.340 e. The molecule has 162 valence electrons. The zero-order chi connectivity index (χ0) is 21.6. The van der Waals surface area contributed by atoms with Crippen molar-refractivity contribution in [2.24, 2.45) is 0 Å². The standard InChI is InChI=1S/C27H32N2O2/c1-19-17-22-9-4-5-11-25(22)27(20(2)30,28-15-6-3-7-16-28)29(19)23-13-14-24-21(18-23)10-8-12-26(24)31/h4-5,9,11,13-14,18-19H,3,6-8,10,12,15-17H2,1-2H3. The summed E-state index contributed by atoms with van der Waals surface area (Å²) in [7, 11) is 0. The number of Topliss-reactive ketones (excluding diaryl/α,β-unsaturated/α-hetero) is 2. The Kier molecular flexibility index (Phi) is 5.21. The fourth-order valence-corrected chi connectivity index (χ4v) is 6.24. The minimum atomic E-state index is -0.790. The lowest BCUT2D eigenvalue weighted by Crippen LogP contribution is -2.68. The summed E-state index contributed by atoms with van der Waals surface area (Å²) in [4.78, 5) is 30.9. The van der Waals surface area contributed by atoms with Gasteiger partial charge in [0.1, 0.15) is 0 Å². The quantitative estimate of drug-likeness (QED) is 0.715. The molecule has 0 N–H and O–H groups in total. The number of ketones is 2. The second kappa shape index (κ2) is 7.90. The molecular weight excluding hydrogens is 384 g/mol. The summed E-state index contributed by atoms with van der Waals surface area (Å²) < 4.78 is 0. The van der Waals surface area contributed by atoms with E-state index in [-0.39, 0.29) is 17.6 Å². The van der Waals surface area contributed by atoms with Gasteiger partial charge in [-0.1, -0.05) is 30.7 Å². The second-order valence-corrected chi connectivity index (χ2v) is 9.47. The first kappa shape index (κ1) is 20.4. The second-order valence-electron chi connectivity index (χ2n) is 9.47. The highest BCUT2D eigenvalue weighted by atomic mass is 16.1. The van der Waals surface area contributed by atoms with Gasteiger partial charge in [-0.25, -0.2) is 0 Å². The van der Waals surface area contributed by atoms with E-state index in [9.17, 15) is 9.59 Å². The third kappa shape index (κ3) is 3.15. The molecule has 0 spiro atoms. The zero-order valence-electron chi connectivity index (χ0n) is 18.7. The van der Waals surface area contributed by atoms with Crippen LogP contribution in [-0.4, -0.2) is 35.6 Å². The van der Waals surface area contributed by atoms with E-state index in [1.807, 2.05) is 6.07 Å². The van der Waals surface area contributed by atoms with Crippen molar-refractivity contribution < 1.29 is 9.59 Å². The van der Waals surface area contributed by atoms with Gasteiger partial charge in [-0.3, -0.25) is 14.5 Å². The van der Waals surface area contributed by atoms with E-state index in [4.69, 9.17) is 0 Å². The first-order valence-corrected chi connectivity index (χ1v) is 11.8. The molecule has 0 amide bonds. The first-order valence-electron chi connectivity index (χ1n) is 11.8. The summed E-state index contributed by atoms with van der Waals surface area (Å²) in [6.07, 6.45) is 6.88. The van der Waals surface area contributed by atoms with Crippen LogP contribution in [0, 0.1) is 0 Å². The fourth-order valence-electron chi connectivity index (χ4n) is 6.24. The number of hydrogen-bond acceptors (Lipinski definition) is 4. The lowest BCUT2D eigenvalue weighted by atomic mass is 9.79. The van der Waals surface area contributed by atoms with Crippen molar-refractivity contribution in [1.29, 1.82) is 0 Å². The number of carbonyl (C=O) groups is 2. The van der Waals surface area contributed by atoms with E-state index in [1.54, 1.807) is 6.92 Å². The molecule has 3 aliphatic rings. The highest BCUT2D eigenvalue weighted by molar-refractivity contribution is 5.99. The van der Waals surface area contributed by atoms with Gasteiger partial charge < -0.3 is 4.90 Å². The monoisotopic (exact) mass is 416 g/mol. The van der Waals surface area contributed by atoms with Gasteiger partial charge in [-0.2, -0.15) is 0 Å². The molecule has 0 saturated carbocycles. The van der Waals surface area contributed by atoms with Gasteiger partial charge in [0.25, 0.3) is 0 Å². The Morgan fingerprint density at radius 1 is 0.968 bits per heavy atom. The number of anilines is 1. The lowest BCUT2D eigenvalue weighted by Gasteiger charge is -2.57. The molecule has 0 bridgehead atoms. The number of rotatable bonds is 3. The number of nitrogens with zero attached hydrogens (tertiary/aromatic N) is 2. The van der Waals surface area contributed by atoms with Gasteiger partial charge in [-0.05, 0) is 75.3 Å². The van der Waals surface area contributed by atoms with Crippen molar-refractivity contribution in [2.45, 2.75) is 70.5 Å². The maximum absolute atomic E-state index is 13.7. The van der Waals surface area contributed by atoms with Crippen LogP contribution in [0.2, 0.25) is 0 Å². The Morgan fingerprint density at radius 2 is 1.74 bits per heavy atom. The van der Waals surface area contributed by atoms with E-state index in [2.05, 4.69) is 53.1 Å². The highest BCUT2D eigenvalue weighted by Gasteiger charge is 2.53. The molecule has 1 saturated heterocycles. The molecule has 31 heavy (non-hydrogen) atoms. The van der Waals surface area contributed by atoms with E-state index in [0.29, 0.717) is 6.42 Å². The molecule has 2 atom stereocenters. The maximum Gasteiger partial charge on any atom is 0.180 e. The topological polar surface area (TPSA) is 40.6 Å². The molecular formula is C27H32N2O2. The summed E-state index contributed by atoms with van der Waals surface area (Å²) in [5.74, 6) is 0.431. The van der Waals surface area contributed by atoms with Gasteiger partial charge in [0.2, 0.25) is 0 Å². The predicted octanol–water partition coefficient (Wildman–Crippen LogP) is 4.88.